The van der Waals surface area contributed by atoms with Gasteiger partial charge in [-0.2, -0.15) is 49.6 Å². The number of nitrogens with one attached hydrogen (secondary N) is 1. The van der Waals surface area contributed by atoms with E-state index in [0.29, 0.717) is 27.0 Å². The molecule has 0 saturated heterocycles. The van der Waals surface area contributed by atoms with Crippen LogP contribution in [-0.2, 0) is 50.7 Å². The maximum absolute atomic E-state index is 15.4. The van der Waals surface area contributed by atoms with Gasteiger partial charge in [-0.3, -0.25) is 23.7 Å². The highest BCUT2D eigenvalue weighted by atomic mass is 35.5. The number of pyridine rings is 1. The molecule has 14 nitrogen and oxygen atoms in total. The summed E-state index contributed by atoms with van der Waals surface area (Å²) in [7, 11) is 0. The molecule has 0 fully saturated rings. The normalized spacial score (nSPS) is 14.9. The summed E-state index contributed by atoms with van der Waals surface area (Å²) >= 11 is 8.67. The molecule has 3 N–H and O–H groups in total. The maximum atomic E-state index is 15.4. The second kappa shape index (κ2) is 22.3. The maximum Gasteiger partial charge on any atom is 0.435 e. The van der Waals surface area contributed by atoms with Crippen molar-refractivity contribution in [3.8, 4) is 23.0 Å². The van der Waals surface area contributed by atoms with E-state index in [-0.39, 0.29) is 56.0 Å². The van der Waals surface area contributed by atoms with Gasteiger partial charge in [0.1, 0.15) is 42.2 Å². The number of carbonyl (C=O) groups is 4. The molecule has 2 aromatic carbocycles. The monoisotopic (exact) mass is 1110 g/mol. The molecule has 27 heteroatoms. The Morgan fingerprint density at radius 3 is 2.14 bits per heavy atom. The quantitative estimate of drug-likeness (QED) is 0.0430. The summed E-state index contributed by atoms with van der Waals surface area (Å²) < 4.78 is 153. The van der Waals surface area contributed by atoms with Crippen LogP contribution in [-0.4, -0.2) is 88.2 Å². The van der Waals surface area contributed by atoms with Crippen molar-refractivity contribution in [2.24, 2.45) is 0 Å². The molecule has 2 amide bonds. The number of rotatable bonds is 18. The minimum atomic E-state index is -5.21. The van der Waals surface area contributed by atoms with E-state index < -0.39 is 144 Å². The van der Waals surface area contributed by atoms with Crippen LogP contribution in [0.3, 0.4) is 0 Å². The van der Waals surface area contributed by atoms with Gasteiger partial charge in [0.2, 0.25) is 5.91 Å². The van der Waals surface area contributed by atoms with Crippen molar-refractivity contribution < 1.29 is 78.0 Å². The van der Waals surface area contributed by atoms with Crippen LogP contribution in [0.5, 0.6) is 0 Å². The highest BCUT2D eigenvalue weighted by Crippen LogP contribution is 2.52. The number of benzene rings is 2. The first-order valence-electron chi connectivity index (χ1n) is 22.1. The topological polar surface area (TPSA) is 182 Å². The van der Waals surface area contributed by atoms with Gasteiger partial charge >= 0.3 is 30.4 Å². The highest BCUT2D eigenvalue weighted by Gasteiger charge is 2.53. The number of carboxylic acid groups (broad SMARTS) is 2. The Bertz CT molecular complexity index is 3010. The zero-order valence-corrected chi connectivity index (χ0v) is 41.9. The molecule has 1 aliphatic carbocycles. The molecule has 6 rings (SSSR count). The van der Waals surface area contributed by atoms with Gasteiger partial charge in [0, 0.05) is 48.3 Å². The molecule has 3 heterocycles. The number of thioether (sulfide) groups is 1. The van der Waals surface area contributed by atoms with Crippen molar-refractivity contribution in [3.05, 3.63) is 93.0 Å². The summed E-state index contributed by atoms with van der Waals surface area (Å²) in [5.74, 6) is -5.89. The largest absolute Gasteiger partial charge is 0.481 e. The third-order valence-corrected chi connectivity index (χ3v) is 13.6. The number of halogens is 11. The summed E-state index contributed by atoms with van der Waals surface area (Å²) in [5.41, 5.74) is -4.84. The van der Waals surface area contributed by atoms with E-state index in [1.165, 1.54) is 42.3 Å². The number of ether oxygens (including phenoxy) is 1. The zero-order chi connectivity index (χ0) is 54.8. The number of aliphatic carboxylic acids is 2. The van der Waals surface area contributed by atoms with Gasteiger partial charge in [0.15, 0.2) is 11.5 Å². The van der Waals surface area contributed by atoms with Crippen molar-refractivity contribution in [2.75, 3.05) is 16.8 Å². The molecule has 1 unspecified atom stereocenters. The first-order valence-corrected chi connectivity index (χ1v) is 24.8. The predicted octanol–water partition coefficient (Wildman–Crippen LogP) is 11.3. The predicted molar refractivity (Wildman–Crippen MR) is 254 cm³/mol. The Hall–Kier alpha value is -6.20. The molecule has 0 saturated carbocycles. The number of fused-ring (bicyclic) bond motifs is 2. The first-order chi connectivity index (χ1) is 34.4. The molecular weight excluding hydrogens is 1060 g/mol. The van der Waals surface area contributed by atoms with Gasteiger partial charge in [0.05, 0.1) is 32.4 Å². The Labute approximate surface area is 428 Å². The standard InChI is InChI=1S/C47H44ClF10N7O7S2/c1-23-20-45(51,52)41-36(23)40(47(56,57)58)61-63(41)21-33(66)60-32(18-24-16-25(49)19-26(50)17-24)38-29(9-6-27(59-38)14-15-44(2,3)73-4)30-10-11-31(48)37-39(30)64(22-46(53,54)55)62-42(37)65(74-5)43(71)72-28(7-12-34(67)68)8-13-35(69)70/h6,9-11,16-17,19,23,28,32H,7-8,12-13,18,20-22H2,1-5H3,(H,60,66)(H,67,68)(H,69,70)/t23-,32?/m0/s1. The van der Waals surface area contributed by atoms with Crippen molar-refractivity contribution >= 4 is 76.0 Å². The molecule has 2 atom stereocenters. The summed E-state index contributed by atoms with van der Waals surface area (Å²) in [6.45, 7) is 1.58. The van der Waals surface area contributed by atoms with Crippen molar-refractivity contribution in [1.82, 2.24) is 29.9 Å². The smallest absolute Gasteiger partial charge is 0.435 e. The summed E-state index contributed by atoms with van der Waals surface area (Å²) in [5, 5.41) is 28.0. The average molecular weight is 1110 g/mol. The molecule has 5 aromatic rings. The average Bonchev–Trinajstić information content (AvgIpc) is 3.93. The second-order valence-electron chi connectivity index (χ2n) is 17.5. The Morgan fingerprint density at radius 1 is 0.946 bits per heavy atom. The number of anilines is 1. The lowest BCUT2D eigenvalue weighted by molar-refractivity contribution is -0.143. The lowest BCUT2D eigenvalue weighted by Gasteiger charge is -2.23. The van der Waals surface area contributed by atoms with Crippen molar-refractivity contribution in [3.63, 3.8) is 0 Å². The van der Waals surface area contributed by atoms with Crippen LogP contribution < -0.4 is 9.62 Å². The first kappa shape index (κ1) is 57.1. The van der Waals surface area contributed by atoms with E-state index in [0.717, 1.165) is 19.1 Å². The fourth-order valence-electron chi connectivity index (χ4n) is 8.27. The third-order valence-electron chi connectivity index (χ3n) is 11.5. The van der Waals surface area contributed by atoms with E-state index >= 15 is 8.78 Å². The van der Waals surface area contributed by atoms with Crippen molar-refractivity contribution in [2.45, 2.75) is 113 Å². The lowest BCUT2D eigenvalue weighted by Crippen LogP contribution is -2.35. The Kier molecular flexibility index (Phi) is 17.2. The van der Waals surface area contributed by atoms with E-state index in [4.69, 9.17) is 21.3 Å². The van der Waals surface area contributed by atoms with E-state index in [1.807, 2.05) is 0 Å². The van der Waals surface area contributed by atoms with Crippen LogP contribution in [0.4, 0.5) is 54.5 Å². The lowest BCUT2D eigenvalue weighted by atomic mass is 9.93. The van der Waals surface area contributed by atoms with Crippen LogP contribution >= 0.6 is 35.3 Å². The minimum Gasteiger partial charge on any atom is -0.481 e. The van der Waals surface area contributed by atoms with Gasteiger partial charge in [-0.25, -0.2) is 18.6 Å². The van der Waals surface area contributed by atoms with Gasteiger partial charge in [-0.05, 0) is 99.0 Å². The summed E-state index contributed by atoms with van der Waals surface area (Å²) in [6.07, 6.45) is -13.2. The van der Waals surface area contributed by atoms with Gasteiger partial charge in [0.25, 0.3) is 5.92 Å². The number of hydrogen-bond donors (Lipinski definition) is 3. The minimum absolute atomic E-state index is 0.0322. The Balaban J connectivity index is 1.59. The van der Waals surface area contributed by atoms with Crippen LogP contribution in [0.15, 0.2) is 42.5 Å². The molecule has 3 aromatic heterocycles. The van der Waals surface area contributed by atoms with E-state index in [1.54, 1.807) is 20.1 Å². The molecular formula is C47H44ClF10N7O7S2. The molecule has 0 radical (unpaired) electrons. The van der Waals surface area contributed by atoms with Crippen LogP contribution in [0.1, 0.15) is 98.7 Å². The molecule has 74 heavy (non-hydrogen) atoms. The SMILES string of the molecule is CSN(C(=O)OC(CCC(=O)O)CCC(=O)O)c1nn(CC(F)(F)F)c2c(-c3ccc(C#CC(C)(C)SC)nc3C(Cc3cc(F)cc(F)c3)NC(=O)Cn3nc(C(F)(F)F)c4c3C(F)(F)C[C@@H]4C)ccc(Cl)c12. The number of aromatic nitrogens is 5. The molecule has 0 bridgehead atoms. The number of hydrogen-bond acceptors (Lipinski definition) is 10. The second-order valence-corrected chi connectivity index (χ2v) is 20.1. The van der Waals surface area contributed by atoms with Crippen LogP contribution in [0.2, 0.25) is 5.02 Å². The van der Waals surface area contributed by atoms with Crippen LogP contribution in [0.25, 0.3) is 22.0 Å². The fourth-order valence-corrected chi connectivity index (χ4v) is 9.15. The Morgan fingerprint density at radius 2 is 1.57 bits per heavy atom. The molecule has 0 aliphatic heterocycles. The van der Waals surface area contributed by atoms with E-state index in [2.05, 4.69) is 27.4 Å². The third kappa shape index (κ3) is 13.5. The number of carbonyl (C=O) groups excluding carboxylic acids is 2. The van der Waals surface area contributed by atoms with E-state index in [9.17, 15) is 64.5 Å². The number of carboxylic acids is 2. The molecule has 1 aliphatic rings. The molecule has 398 valence electrons. The zero-order valence-electron chi connectivity index (χ0n) is 39.5. The molecule has 0 spiro atoms. The summed E-state index contributed by atoms with van der Waals surface area (Å²) in [6, 6.07) is 5.74. The fraction of sp³-hybridized carbons (Fsp3) is 0.426. The highest BCUT2D eigenvalue weighted by molar-refractivity contribution is 8.00. The number of alkyl halides is 8. The van der Waals surface area contributed by atoms with Gasteiger partial charge in [-0.1, -0.05) is 30.5 Å². The van der Waals surface area contributed by atoms with Crippen LogP contribution in [0, 0.1) is 23.5 Å². The summed E-state index contributed by atoms with van der Waals surface area (Å²) in [4.78, 5) is 55.5. The van der Waals surface area contributed by atoms with Gasteiger partial charge < -0.3 is 20.3 Å². The van der Waals surface area contributed by atoms with Gasteiger partial charge in [-0.15, -0.1) is 11.8 Å². The van der Waals surface area contributed by atoms with Crippen molar-refractivity contribution in [1.29, 1.82) is 0 Å². The number of amides is 2. The number of nitrogens with zero attached hydrogens (tertiary/aromatic N) is 6.